The van der Waals surface area contributed by atoms with Gasteiger partial charge in [-0.1, -0.05) is 0 Å². The van der Waals surface area contributed by atoms with Crippen molar-refractivity contribution in [2.75, 3.05) is 14.2 Å². The molecule has 0 unspecified atom stereocenters. The molecule has 2 aromatic rings. The molecular formula is C17H19NO4. The van der Waals surface area contributed by atoms with Crippen LogP contribution in [0.15, 0.2) is 23.0 Å². The van der Waals surface area contributed by atoms with E-state index in [1.807, 2.05) is 32.1 Å². The van der Waals surface area contributed by atoms with Gasteiger partial charge in [-0.05, 0) is 32.1 Å². The second-order valence-corrected chi connectivity index (χ2v) is 5.87. The van der Waals surface area contributed by atoms with Crippen molar-refractivity contribution in [2.45, 2.75) is 19.4 Å². The van der Waals surface area contributed by atoms with E-state index in [-0.39, 0.29) is 5.56 Å². The van der Waals surface area contributed by atoms with Gasteiger partial charge in [0.05, 0.1) is 25.3 Å². The summed E-state index contributed by atoms with van der Waals surface area (Å²) >= 11 is 0. The van der Waals surface area contributed by atoms with Gasteiger partial charge in [0.2, 0.25) is 0 Å². The highest BCUT2D eigenvalue weighted by Gasteiger charge is 2.27. The Bertz CT molecular complexity index is 846. The second-order valence-electron chi connectivity index (χ2n) is 5.87. The first-order valence-electron chi connectivity index (χ1n) is 7.05. The molecule has 0 fully saturated rings. The van der Waals surface area contributed by atoms with E-state index < -0.39 is 5.60 Å². The van der Waals surface area contributed by atoms with Gasteiger partial charge >= 0.3 is 0 Å². The molecule has 5 nitrogen and oxygen atoms in total. The first-order chi connectivity index (χ1) is 10.4. The number of aryl methyl sites for hydroxylation is 1. The number of ether oxygens (including phenoxy) is 3. The topological polar surface area (TPSA) is 49.7 Å². The molecule has 0 amide bonds. The Kier molecular flexibility index (Phi) is 3.16. The molecule has 116 valence electrons. The molecular weight excluding hydrogens is 282 g/mol. The Morgan fingerprint density at radius 1 is 1.14 bits per heavy atom. The minimum atomic E-state index is -0.459. The van der Waals surface area contributed by atoms with Crippen LogP contribution in [0.5, 0.6) is 17.2 Å². The van der Waals surface area contributed by atoms with Crippen LogP contribution in [0.1, 0.15) is 19.4 Å². The Morgan fingerprint density at radius 3 is 2.41 bits per heavy atom. The maximum absolute atomic E-state index is 12.6. The summed E-state index contributed by atoms with van der Waals surface area (Å²) in [6.45, 7) is 3.91. The zero-order valence-corrected chi connectivity index (χ0v) is 13.4. The summed E-state index contributed by atoms with van der Waals surface area (Å²) in [5.74, 6) is 1.77. The zero-order valence-electron chi connectivity index (χ0n) is 13.4. The number of pyridine rings is 1. The summed E-state index contributed by atoms with van der Waals surface area (Å²) in [5, 5.41) is 0.826. The molecule has 2 heterocycles. The van der Waals surface area contributed by atoms with E-state index in [1.165, 1.54) is 0 Å². The Balaban J connectivity index is 2.44. The minimum Gasteiger partial charge on any atom is -0.493 e. The van der Waals surface area contributed by atoms with Crippen LogP contribution in [0.4, 0.5) is 0 Å². The molecule has 0 saturated carbocycles. The number of methoxy groups -OCH3 is 2. The standard InChI is InChI=1S/C17H19NO4/c1-17(2)7-6-10-15(22-17)11-8-13(20-4)14(21-5)9-12(11)18(3)16(10)19/h6-9H,1-5H3. The second kappa shape index (κ2) is 4.80. The molecule has 0 saturated heterocycles. The van der Waals surface area contributed by atoms with Gasteiger partial charge < -0.3 is 18.8 Å². The van der Waals surface area contributed by atoms with Gasteiger partial charge in [0, 0.05) is 18.5 Å². The van der Waals surface area contributed by atoms with Crippen LogP contribution >= 0.6 is 0 Å². The van der Waals surface area contributed by atoms with Gasteiger partial charge in [-0.25, -0.2) is 0 Å². The van der Waals surface area contributed by atoms with Crippen LogP contribution in [0, 0.1) is 0 Å². The van der Waals surface area contributed by atoms with Crippen molar-refractivity contribution in [3.63, 3.8) is 0 Å². The van der Waals surface area contributed by atoms with Gasteiger partial charge in [0.1, 0.15) is 11.4 Å². The number of aromatic nitrogens is 1. The summed E-state index contributed by atoms with van der Waals surface area (Å²) < 4.78 is 18.3. The summed E-state index contributed by atoms with van der Waals surface area (Å²) in [6.07, 6.45) is 3.72. The number of hydrogen-bond acceptors (Lipinski definition) is 4. The van der Waals surface area contributed by atoms with Crippen molar-refractivity contribution in [3.05, 3.63) is 34.1 Å². The molecule has 0 radical (unpaired) electrons. The molecule has 1 aliphatic rings. The maximum atomic E-state index is 12.6. The van der Waals surface area contributed by atoms with Crippen molar-refractivity contribution in [1.29, 1.82) is 0 Å². The summed E-state index contributed by atoms with van der Waals surface area (Å²) in [7, 11) is 4.90. The van der Waals surface area contributed by atoms with Crippen molar-refractivity contribution < 1.29 is 14.2 Å². The minimum absolute atomic E-state index is 0.0959. The van der Waals surface area contributed by atoms with Gasteiger partial charge in [0.15, 0.2) is 11.5 Å². The molecule has 3 rings (SSSR count). The zero-order chi connectivity index (χ0) is 16.1. The quantitative estimate of drug-likeness (QED) is 0.856. The predicted octanol–water partition coefficient (Wildman–Crippen LogP) is 2.74. The van der Waals surface area contributed by atoms with Gasteiger partial charge in [0.25, 0.3) is 5.56 Å². The SMILES string of the molecule is COc1cc2c3c(c(=O)n(C)c2cc1OC)C=CC(C)(C)O3. The van der Waals surface area contributed by atoms with E-state index in [4.69, 9.17) is 14.2 Å². The van der Waals surface area contributed by atoms with Crippen molar-refractivity contribution in [2.24, 2.45) is 7.05 Å². The molecule has 1 aliphatic heterocycles. The predicted molar refractivity (Wildman–Crippen MR) is 86.0 cm³/mol. The molecule has 1 aromatic carbocycles. The van der Waals surface area contributed by atoms with E-state index in [0.717, 1.165) is 10.9 Å². The van der Waals surface area contributed by atoms with Gasteiger partial charge in [-0.3, -0.25) is 4.79 Å². The number of rotatable bonds is 2. The Labute approximate surface area is 128 Å². The lowest BCUT2D eigenvalue weighted by molar-refractivity contribution is 0.161. The van der Waals surface area contributed by atoms with Crippen LogP contribution in [-0.4, -0.2) is 24.4 Å². The van der Waals surface area contributed by atoms with Crippen LogP contribution in [0.3, 0.4) is 0 Å². The average molecular weight is 301 g/mol. The molecule has 22 heavy (non-hydrogen) atoms. The van der Waals surface area contributed by atoms with E-state index in [9.17, 15) is 4.79 Å². The Hall–Kier alpha value is -2.43. The third-order valence-corrected chi connectivity index (χ3v) is 3.90. The van der Waals surface area contributed by atoms with E-state index in [0.29, 0.717) is 22.8 Å². The largest absolute Gasteiger partial charge is 0.493 e. The van der Waals surface area contributed by atoms with E-state index in [2.05, 4.69) is 0 Å². The molecule has 1 aromatic heterocycles. The van der Waals surface area contributed by atoms with Crippen molar-refractivity contribution in [3.8, 4) is 17.2 Å². The van der Waals surface area contributed by atoms with E-state index >= 15 is 0 Å². The number of nitrogens with zero attached hydrogens (tertiary/aromatic N) is 1. The highest BCUT2D eigenvalue weighted by atomic mass is 16.5. The van der Waals surface area contributed by atoms with Crippen LogP contribution in [-0.2, 0) is 7.05 Å². The molecule has 0 spiro atoms. The lowest BCUT2D eigenvalue weighted by Crippen LogP contribution is -2.31. The first-order valence-corrected chi connectivity index (χ1v) is 7.05. The van der Waals surface area contributed by atoms with Crippen LogP contribution < -0.4 is 19.8 Å². The van der Waals surface area contributed by atoms with Gasteiger partial charge in [-0.15, -0.1) is 0 Å². The lowest BCUT2D eigenvalue weighted by Gasteiger charge is -2.29. The fourth-order valence-electron chi connectivity index (χ4n) is 2.70. The summed E-state index contributed by atoms with van der Waals surface area (Å²) in [5.41, 5.74) is 0.745. The molecule has 0 aliphatic carbocycles. The fourth-order valence-corrected chi connectivity index (χ4v) is 2.70. The number of benzene rings is 1. The molecule has 5 heteroatoms. The lowest BCUT2D eigenvalue weighted by atomic mass is 10.0. The molecule has 0 atom stereocenters. The normalized spacial score (nSPS) is 15.3. The highest BCUT2D eigenvalue weighted by molar-refractivity contribution is 5.92. The van der Waals surface area contributed by atoms with E-state index in [1.54, 1.807) is 31.9 Å². The van der Waals surface area contributed by atoms with Crippen molar-refractivity contribution in [1.82, 2.24) is 4.57 Å². The summed E-state index contributed by atoms with van der Waals surface area (Å²) in [4.78, 5) is 12.6. The van der Waals surface area contributed by atoms with Gasteiger partial charge in [-0.2, -0.15) is 0 Å². The molecule has 0 bridgehead atoms. The molecule has 0 N–H and O–H groups in total. The average Bonchev–Trinajstić information content (AvgIpc) is 2.50. The highest BCUT2D eigenvalue weighted by Crippen LogP contribution is 2.40. The van der Waals surface area contributed by atoms with Crippen LogP contribution in [0.2, 0.25) is 0 Å². The maximum Gasteiger partial charge on any atom is 0.261 e. The number of fused-ring (bicyclic) bond motifs is 3. The first kappa shape index (κ1) is 14.5. The Morgan fingerprint density at radius 2 is 1.77 bits per heavy atom. The third-order valence-electron chi connectivity index (χ3n) is 3.90. The monoisotopic (exact) mass is 301 g/mol. The van der Waals surface area contributed by atoms with Crippen molar-refractivity contribution >= 4 is 17.0 Å². The van der Waals surface area contributed by atoms with Crippen LogP contribution in [0.25, 0.3) is 17.0 Å². The smallest absolute Gasteiger partial charge is 0.261 e. The number of hydrogen-bond donors (Lipinski definition) is 0. The summed E-state index contributed by atoms with van der Waals surface area (Å²) in [6, 6.07) is 3.65. The fraction of sp³-hybridized carbons (Fsp3) is 0.353. The third kappa shape index (κ3) is 2.04.